The minimum absolute atomic E-state index is 0.0240. The first kappa shape index (κ1) is 17.5. The highest BCUT2D eigenvalue weighted by molar-refractivity contribution is 5.90. The summed E-state index contributed by atoms with van der Waals surface area (Å²) in [5, 5.41) is 5.78. The fourth-order valence-electron chi connectivity index (χ4n) is 2.92. The van der Waals surface area contributed by atoms with Crippen molar-refractivity contribution < 1.29 is 9.59 Å². The normalized spacial score (nSPS) is 16.6. The van der Waals surface area contributed by atoms with E-state index < -0.39 is 5.54 Å². The lowest BCUT2D eigenvalue weighted by Crippen LogP contribution is -2.54. The van der Waals surface area contributed by atoms with E-state index in [-0.39, 0.29) is 11.8 Å². The second-order valence-corrected chi connectivity index (χ2v) is 6.39. The molecule has 0 unspecified atom stereocenters. The standard InChI is InChI=1S/C18H27N3O2/c1-2-6-16(22)21-15-9-7-14(8-10-15)13-20-17(23)18(19)11-4-3-5-12-18/h7-10H,2-6,11-13,19H2,1H3,(H,20,23)(H,21,22). The van der Waals surface area contributed by atoms with E-state index in [4.69, 9.17) is 5.73 Å². The van der Waals surface area contributed by atoms with Gasteiger partial charge in [0.1, 0.15) is 0 Å². The Morgan fingerprint density at radius 2 is 1.78 bits per heavy atom. The minimum Gasteiger partial charge on any atom is -0.350 e. The van der Waals surface area contributed by atoms with Crippen LogP contribution in [-0.4, -0.2) is 17.4 Å². The number of carbonyl (C=O) groups excluding carboxylic acids is 2. The van der Waals surface area contributed by atoms with Gasteiger partial charge >= 0.3 is 0 Å². The van der Waals surface area contributed by atoms with Crippen LogP contribution in [0.15, 0.2) is 24.3 Å². The molecule has 2 rings (SSSR count). The topological polar surface area (TPSA) is 84.2 Å². The van der Waals surface area contributed by atoms with Crippen LogP contribution in [0.1, 0.15) is 57.4 Å². The van der Waals surface area contributed by atoms with E-state index in [1.54, 1.807) is 0 Å². The monoisotopic (exact) mass is 317 g/mol. The van der Waals surface area contributed by atoms with Crippen molar-refractivity contribution in [1.82, 2.24) is 5.32 Å². The van der Waals surface area contributed by atoms with Crippen LogP contribution in [0.25, 0.3) is 0 Å². The molecule has 4 N–H and O–H groups in total. The number of amides is 2. The summed E-state index contributed by atoms with van der Waals surface area (Å²) >= 11 is 0. The molecule has 5 heteroatoms. The third kappa shape index (κ3) is 5.06. The van der Waals surface area contributed by atoms with Gasteiger partial charge in [-0.1, -0.05) is 38.3 Å². The van der Waals surface area contributed by atoms with Gasteiger partial charge in [-0.3, -0.25) is 9.59 Å². The van der Waals surface area contributed by atoms with Crippen LogP contribution in [-0.2, 0) is 16.1 Å². The summed E-state index contributed by atoms with van der Waals surface area (Å²) in [6.45, 7) is 2.43. The smallest absolute Gasteiger partial charge is 0.240 e. The number of benzene rings is 1. The number of carbonyl (C=O) groups is 2. The highest BCUT2D eigenvalue weighted by Gasteiger charge is 2.34. The highest BCUT2D eigenvalue weighted by Crippen LogP contribution is 2.26. The van der Waals surface area contributed by atoms with E-state index in [1.807, 2.05) is 31.2 Å². The number of hydrogen-bond acceptors (Lipinski definition) is 3. The average molecular weight is 317 g/mol. The Kier molecular flexibility index (Phi) is 6.16. The summed E-state index contributed by atoms with van der Waals surface area (Å²) in [6, 6.07) is 7.53. The quantitative estimate of drug-likeness (QED) is 0.754. The Bertz CT molecular complexity index is 534. The lowest BCUT2D eigenvalue weighted by Gasteiger charge is -2.31. The van der Waals surface area contributed by atoms with Crippen molar-refractivity contribution in [3.05, 3.63) is 29.8 Å². The first-order valence-electron chi connectivity index (χ1n) is 8.49. The molecule has 1 aliphatic carbocycles. The van der Waals surface area contributed by atoms with Gasteiger partial charge in [0, 0.05) is 18.7 Å². The lowest BCUT2D eigenvalue weighted by molar-refractivity contribution is -0.127. The molecule has 0 radical (unpaired) electrons. The zero-order valence-electron chi connectivity index (χ0n) is 13.9. The van der Waals surface area contributed by atoms with Crippen molar-refractivity contribution >= 4 is 17.5 Å². The largest absolute Gasteiger partial charge is 0.350 e. The third-order valence-corrected chi connectivity index (χ3v) is 4.37. The fraction of sp³-hybridized carbons (Fsp3) is 0.556. The number of rotatable bonds is 6. The molecule has 0 heterocycles. The molecular weight excluding hydrogens is 290 g/mol. The van der Waals surface area contributed by atoms with E-state index in [2.05, 4.69) is 10.6 Å². The van der Waals surface area contributed by atoms with Gasteiger partial charge in [-0.2, -0.15) is 0 Å². The van der Waals surface area contributed by atoms with Crippen molar-refractivity contribution in [2.75, 3.05) is 5.32 Å². The molecule has 126 valence electrons. The van der Waals surface area contributed by atoms with E-state index >= 15 is 0 Å². The third-order valence-electron chi connectivity index (χ3n) is 4.37. The molecule has 1 aliphatic rings. The van der Waals surface area contributed by atoms with Crippen LogP contribution >= 0.6 is 0 Å². The SMILES string of the molecule is CCCC(=O)Nc1ccc(CNC(=O)C2(N)CCCCC2)cc1. The van der Waals surface area contributed by atoms with Crippen molar-refractivity contribution in [3.63, 3.8) is 0 Å². The first-order valence-corrected chi connectivity index (χ1v) is 8.49. The summed E-state index contributed by atoms with van der Waals surface area (Å²) in [5.41, 5.74) is 7.28. The molecule has 0 aliphatic heterocycles. The number of hydrogen-bond donors (Lipinski definition) is 3. The van der Waals surface area contributed by atoms with Gasteiger partial charge in [0.15, 0.2) is 0 Å². The summed E-state index contributed by atoms with van der Waals surface area (Å²) in [5.74, 6) is -0.0338. The van der Waals surface area contributed by atoms with Gasteiger partial charge in [0.25, 0.3) is 0 Å². The van der Waals surface area contributed by atoms with Gasteiger partial charge in [0.05, 0.1) is 5.54 Å². The molecule has 23 heavy (non-hydrogen) atoms. The van der Waals surface area contributed by atoms with Crippen LogP contribution < -0.4 is 16.4 Å². The molecule has 1 aromatic carbocycles. The van der Waals surface area contributed by atoms with Crippen molar-refractivity contribution in [1.29, 1.82) is 0 Å². The van der Waals surface area contributed by atoms with Crippen LogP contribution in [0.4, 0.5) is 5.69 Å². The zero-order valence-corrected chi connectivity index (χ0v) is 13.9. The molecule has 0 spiro atoms. The zero-order chi connectivity index (χ0) is 16.7. The van der Waals surface area contributed by atoms with Crippen molar-refractivity contribution in [2.24, 2.45) is 5.73 Å². The Hall–Kier alpha value is -1.88. The van der Waals surface area contributed by atoms with Gasteiger partial charge in [0.2, 0.25) is 11.8 Å². The maximum absolute atomic E-state index is 12.3. The molecule has 0 saturated heterocycles. The van der Waals surface area contributed by atoms with E-state index in [9.17, 15) is 9.59 Å². The molecule has 2 amide bonds. The van der Waals surface area contributed by atoms with Gasteiger partial charge in [-0.05, 0) is 37.0 Å². The molecule has 1 aromatic rings. The van der Waals surface area contributed by atoms with E-state index in [1.165, 1.54) is 0 Å². The van der Waals surface area contributed by atoms with Gasteiger partial charge in [-0.25, -0.2) is 0 Å². The predicted molar refractivity (Wildman–Crippen MR) is 91.8 cm³/mol. The molecular formula is C18H27N3O2. The summed E-state index contributed by atoms with van der Waals surface area (Å²) in [4.78, 5) is 23.8. The molecule has 0 aromatic heterocycles. The van der Waals surface area contributed by atoms with Crippen LogP contribution in [0.2, 0.25) is 0 Å². The van der Waals surface area contributed by atoms with E-state index in [0.29, 0.717) is 13.0 Å². The first-order chi connectivity index (χ1) is 11.0. The van der Waals surface area contributed by atoms with Crippen LogP contribution in [0.5, 0.6) is 0 Å². The molecule has 1 saturated carbocycles. The fourth-order valence-corrected chi connectivity index (χ4v) is 2.92. The predicted octanol–water partition coefficient (Wildman–Crippen LogP) is 2.70. The molecule has 1 fully saturated rings. The van der Waals surface area contributed by atoms with E-state index in [0.717, 1.165) is 49.8 Å². The molecule has 0 atom stereocenters. The number of nitrogens with one attached hydrogen (secondary N) is 2. The minimum atomic E-state index is -0.702. The molecule has 5 nitrogen and oxygen atoms in total. The summed E-state index contributed by atoms with van der Waals surface area (Å²) < 4.78 is 0. The lowest BCUT2D eigenvalue weighted by atomic mass is 9.82. The van der Waals surface area contributed by atoms with Crippen molar-refractivity contribution in [3.8, 4) is 0 Å². The Morgan fingerprint density at radius 1 is 1.13 bits per heavy atom. The molecule has 0 bridgehead atoms. The Labute approximate surface area is 138 Å². The maximum atomic E-state index is 12.3. The average Bonchev–Trinajstić information content (AvgIpc) is 2.55. The van der Waals surface area contributed by atoms with Crippen molar-refractivity contribution in [2.45, 2.75) is 64.0 Å². The summed E-state index contributed by atoms with van der Waals surface area (Å²) in [6.07, 6.45) is 6.10. The Morgan fingerprint density at radius 3 is 2.39 bits per heavy atom. The maximum Gasteiger partial charge on any atom is 0.240 e. The second kappa shape index (κ2) is 8.11. The van der Waals surface area contributed by atoms with Gasteiger partial charge < -0.3 is 16.4 Å². The summed E-state index contributed by atoms with van der Waals surface area (Å²) in [7, 11) is 0. The van der Waals surface area contributed by atoms with Crippen LogP contribution in [0, 0.1) is 0 Å². The van der Waals surface area contributed by atoms with Crippen LogP contribution in [0.3, 0.4) is 0 Å². The Balaban J connectivity index is 1.84. The second-order valence-electron chi connectivity index (χ2n) is 6.39. The number of nitrogens with two attached hydrogens (primary N) is 1. The highest BCUT2D eigenvalue weighted by atomic mass is 16.2. The number of anilines is 1. The van der Waals surface area contributed by atoms with Gasteiger partial charge in [-0.15, -0.1) is 0 Å².